The highest BCUT2D eigenvalue weighted by molar-refractivity contribution is 7.92. The third kappa shape index (κ3) is 6.54. The number of hydrogen-bond donors (Lipinski definition) is 1. The molecule has 0 bridgehead atoms. The van der Waals surface area contributed by atoms with E-state index in [0.29, 0.717) is 11.5 Å². The maximum Gasteiger partial charge on any atom is 0.244 e. The number of ether oxygens (including phenoxy) is 2. The Balaban J connectivity index is 1.59. The van der Waals surface area contributed by atoms with Crippen LogP contribution >= 0.6 is 0 Å². The second-order valence-corrected chi connectivity index (χ2v) is 11.7. The lowest BCUT2D eigenvalue weighted by Crippen LogP contribution is -2.53. The molecule has 1 fully saturated rings. The van der Waals surface area contributed by atoms with Crippen molar-refractivity contribution in [1.29, 1.82) is 0 Å². The van der Waals surface area contributed by atoms with Crippen molar-refractivity contribution in [2.24, 2.45) is 0 Å². The van der Waals surface area contributed by atoms with Gasteiger partial charge >= 0.3 is 0 Å². The number of benzene rings is 2. The average molecular weight is 530 g/mol. The van der Waals surface area contributed by atoms with Gasteiger partial charge in [0.2, 0.25) is 28.6 Å². The summed E-state index contributed by atoms with van der Waals surface area (Å²) in [6, 6.07) is 11.7. The molecule has 0 saturated heterocycles. The van der Waals surface area contributed by atoms with Crippen LogP contribution in [0, 0.1) is 6.92 Å². The third-order valence-corrected chi connectivity index (χ3v) is 8.18. The molecule has 2 amide bonds. The molecule has 2 aromatic rings. The predicted octanol–water partition coefficient (Wildman–Crippen LogP) is 3.36. The van der Waals surface area contributed by atoms with Gasteiger partial charge in [-0.15, -0.1) is 0 Å². The molecule has 0 radical (unpaired) electrons. The van der Waals surface area contributed by atoms with Crippen LogP contribution in [-0.4, -0.2) is 56.8 Å². The normalized spacial score (nSPS) is 16.2. The minimum atomic E-state index is -3.82. The largest absolute Gasteiger partial charge is 0.454 e. The van der Waals surface area contributed by atoms with Gasteiger partial charge in [0.1, 0.15) is 12.6 Å². The molecule has 1 aliphatic heterocycles. The first-order valence-corrected chi connectivity index (χ1v) is 14.5. The van der Waals surface area contributed by atoms with Crippen LogP contribution in [0.1, 0.15) is 50.2 Å². The van der Waals surface area contributed by atoms with Gasteiger partial charge in [0.15, 0.2) is 11.5 Å². The molecule has 1 saturated carbocycles. The Kier molecular flexibility index (Phi) is 8.26. The summed E-state index contributed by atoms with van der Waals surface area (Å²) in [4.78, 5) is 28.5. The Bertz CT molecular complexity index is 1240. The molecule has 1 heterocycles. The molecule has 37 heavy (non-hydrogen) atoms. The van der Waals surface area contributed by atoms with E-state index in [4.69, 9.17) is 9.47 Å². The fraction of sp³-hybridized carbons (Fsp3) is 0.481. The number of nitrogens with zero attached hydrogens (tertiary/aromatic N) is 2. The number of anilines is 1. The van der Waals surface area contributed by atoms with Gasteiger partial charge in [-0.05, 0) is 49.9 Å². The molecule has 2 aromatic carbocycles. The number of aryl methyl sites for hydroxylation is 1. The molecule has 0 spiro atoms. The van der Waals surface area contributed by atoms with Gasteiger partial charge in [-0.1, -0.05) is 43.5 Å². The number of rotatable bonds is 9. The second kappa shape index (κ2) is 11.4. The van der Waals surface area contributed by atoms with Crippen LogP contribution in [0.2, 0.25) is 0 Å². The van der Waals surface area contributed by atoms with Crippen molar-refractivity contribution in [1.82, 2.24) is 10.2 Å². The topological polar surface area (TPSA) is 105 Å². The Hall–Kier alpha value is -3.27. The molecule has 9 nitrogen and oxygen atoms in total. The number of carbonyl (C=O) groups is 2. The SMILES string of the molecule is Cc1ccccc1CN(C(=O)CN(c1ccc2c(c1)OCO2)S(C)(=O)=O)C(C)C(=O)NC1CCCCC1. The van der Waals surface area contributed by atoms with Gasteiger partial charge in [-0.2, -0.15) is 0 Å². The van der Waals surface area contributed by atoms with E-state index in [2.05, 4.69) is 5.32 Å². The molecule has 2 aliphatic rings. The van der Waals surface area contributed by atoms with E-state index in [1.165, 1.54) is 11.3 Å². The highest BCUT2D eigenvalue weighted by Crippen LogP contribution is 2.36. The zero-order valence-corrected chi connectivity index (χ0v) is 22.4. The molecule has 200 valence electrons. The quantitative estimate of drug-likeness (QED) is 0.534. The Morgan fingerprint density at radius 3 is 2.46 bits per heavy atom. The van der Waals surface area contributed by atoms with Crippen molar-refractivity contribution in [2.75, 3.05) is 23.9 Å². The zero-order valence-electron chi connectivity index (χ0n) is 21.6. The molecule has 0 aromatic heterocycles. The minimum Gasteiger partial charge on any atom is -0.454 e. The third-order valence-electron chi connectivity index (χ3n) is 7.04. The van der Waals surface area contributed by atoms with Crippen LogP contribution in [0.3, 0.4) is 0 Å². The van der Waals surface area contributed by atoms with E-state index in [1.807, 2.05) is 31.2 Å². The lowest BCUT2D eigenvalue weighted by Gasteiger charge is -2.33. The van der Waals surface area contributed by atoms with Crippen molar-refractivity contribution in [2.45, 2.75) is 64.6 Å². The number of amides is 2. The summed E-state index contributed by atoms with van der Waals surface area (Å²) >= 11 is 0. The van der Waals surface area contributed by atoms with Crippen LogP contribution in [-0.2, 0) is 26.2 Å². The highest BCUT2D eigenvalue weighted by Gasteiger charge is 2.32. The summed E-state index contributed by atoms with van der Waals surface area (Å²) < 4.78 is 37.3. The average Bonchev–Trinajstić information content (AvgIpc) is 3.34. The molecular formula is C27H35N3O6S. The maximum absolute atomic E-state index is 13.7. The molecule has 1 unspecified atom stereocenters. The fourth-order valence-electron chi connectivity index (χ4n) is 4.78. The van der Waals surface area contributed by atoms with Crippen molar-refractivity contribution in [3.63, 3.8) is 0 Å². The summed E-state index contributed by atoms with van der Waals surface area (Å²) in [5, 5.41) is 3.10. The molecule has 1 aliphatic carbocycles. The van der Waals surface area contributed by atoms with Gasteiger partial charge in [-0.25, -0.2) is 8.42 Å². The van der Waals surface area contributed by atoms with Gasteiger partial charge in [-0.3, -0.25) is 13.9 Å². The number of nitrogens with one attached hydrogen (secondary N) is 1. The maximum atomic E-state index is 13.7. The Morgan fingerprint density at radius 1 is 1.05 bits per heavy atom. The Morgan fingerprint density at radius 2 is 1.76 bits per heavy atom. The number of fused-ring (bicyclic) bond motifs is 1. The second-order valence-electron chi connectivity index (χ2n) is 9.77. The smallest absolute Gasteiger partial charge is 0.244 e. The molecule has 4 rings (SSSR count). The van der Waals surface area contributed by atoms with E-state index in [1.54, 1.807) is 25.1 Å². The predicted molar refractivity (Wildman–Crippen MR) is 141 cm³/mol. The summed E-state index contributed by atoms with van der Waals surface area (Å²) in [5.74, 6) is 0.216. The number of hydrogen-bond acceptors (Lipinski definition) is 6. The van der Waals surface area contributed by atoms with Crippen LogP contribution in [0.25, 0.3) is 0 Å². The van der Waals surface area contributed by atoms with E-state index in [0.717, 1.165) is 47.4 Å². The van der Waals surface area contributed by atoms with Crippen LogP contribution < -0.4 is 19.1 Å². The van der Waals surface area contributed by atoms with E-state index in [9.17, 15) is 18.0 Å². The minimum absolute atomic E-state index is 0.0500. The lowest BCUT2D eigenvalue weighted by molar-refractivity contribution is -0.139. The lowest BCUT2D eigenvalue weighted by atomic mass is 9.95. The van der Waals surface area contributed by atoms with E-state index < -0.39 is 28.5 Å². The number of carbonyl (C=O) groups excluding carboxylic acids is 2. The molecule has 1 atom stereocenters. The summed E-state index contributed by atoms with van der Waals surface area (Å²) in [6.45, 7) is 3.42. The molecule has 1 N–H and O–H groups in total. The van der Waals surface area contributed by atoms with Crippen molar-refractivity contribution in [3.8, 4) is 11.5 Å². The van der Waals surface area contributed by atoms with Crippen LogP contribution in [0.5, 0.6) is 11.5 Å². The van der Waals surface area contributed by atoms with Crippen molar-refractivity contribution in [3.05, 3.63) is 53.6 Å². The molecular weight excluding hydrogens is 494 g/mol. The van der Waals surface area contributed by atoms with Gasteiger partial charge in [0.25, 0.3) is 0 Å². The summed E-state index contributed by atoms with van der Waals surface area (Å²) in [5.41, 5.74) is 2.16. The van der Waals surface area contributed by atoms with Crippen LogP contribution in [0.4, 0.5) is 5.69 Å². The van der Waals surface area contributed by atoms with E-state index >= 15 is 0 Å². The van der Waals surface area contributed by atoms with Crippen LogP contribution in [0.15, 0.2) is 42.5 Å². The molecule has 10 heteroatoms. The number of sulfonamides is 1. The first-order chi connectivity index (χ1) is 17.6. The van der Waals surface area contributed by atoms with Crippen molar-refractivity contribution >= 4 is 27.5 Å². The first kappa shape index (κ1) is 26.8. The van der Waals surface area contributed by atoms with Gasteiger partial charge in [0, 0.05) is 18.7 Å². The van der Waals surface area contributed by atoms with Gasteiger partial charge in [0.05, 0.1) is 11.9 Å². The summed E-state index contributed by atoms with van der Waals surface area (Å²) in [6.07, 6.45) is 6.22. The monoisotopic (exact) mass is 529 g/mol. The first-order valence-electron chi connectivity index (χ1n) is 12.6. The van der Waals surface area contributed by atoms with Gasteiger partial charge < -0.3 is 19.7 Å². The fourth-order valence-corrected chi connectivity index (χ4v) is 5.62. The summed E-state index contributed by atoms with van der Waals surface area (Å²) in [7, 11) is -3.82. The van der Waals surface area contributed by atoms with Crippen molar-refractivity contribution < 1.29 is 27.5 Å². The zero-order chi connectivity index (χ0) is 26.6. The Labute approximate surface area is 218 Å². The standard InChI is InChI=1S/C27H35N3O6S/c1-19-9-7-8-10-21(19)16-29(20(2)27(32)28-22-11-5-4-6-12-22)26(31)17-30(37(3,33)34)23-13-14-24-25(15-23)36-18-35-24/h7-10,13-15,20,22H,4-6,11-12,16-18H2,1-3H3,(H,28,32). The van der Waals surface area contributed by atoms with E-state index in [-0.39, 0.29) is 31.0 Å². The highest BCUT2D eigenvalue weighted by atomic mass is 32.2.